The van der Waals surface area contributed by atoms with Crippen LogP contribution in [0, 0.1) is 22.2 Å². The minimum absolute atomic E-state index is 0.258. The molecule has 4 saturated carbocycles. The van der Waals surface area contributed by atoms with Crippen LogP contribution in [0.1, 0.15) is 77.2 Å². The summed E-state index contributed by atoms with van der Waals surface area (Å²) in [6, 6.07) is 8.60. The summed E-state index contributed by atoms with van der Waals surface area (Å²) in [5.41, 5.74) is 5.15. The molecule has 4 fully saturated rings. The maximum absolute atomic E-state index is 8.22. The average molecular weight is 451 g/mol. The normalized spacial score (nSPS) is 27.9. The van der Waals surface area contributed by atoms with Gasteiger partial charge in [-0.2, -0.15) is 0 Å². The van der Waals surface area contributed by atoms with Gasteiger partial charge in [0.2, 0.25) is 0 Å². The molecule has 0 unspecified atom stereocenters. The second-order valence-electron chi connectivity index (χ2n) is 10.1. The van der Waals surface area contributed by atoms with E-state index in [4.69, 9.17) is 10.4 Å². The van der Waals surface area contributed by atoms with E-state index in [0.717, 1.165) is 42.8 Å². The van der Waals surface area contributed by atoms with Gasteiger partial charge in [0.25, 0.3) is 0 Å². The van der Waals surface area contributed by atoms with Crippen molar-refractivity contribution in [2.75, 3.05) is 17.6 Å². The summed E-state index contributed by atoms with van der Waals surface area (Å²) in [6.45, 7) is 9.19. The van der Waals surface area contributed by atoms with E-state index in [1.807, 2.05) is 0 Å². The van der Waals surface area contributed by atoms with E-state index in [-0.39, 0.29) is 5.41 Å². The van der Waals surface area contributed by atoms with Gasteiger partial charge in [0.15, 0.2) is 0 Å². The Labute approximate surface area is 198 Å². The lowest BCUT2D eigenvalue weighted by Gasteiger charge is -2.53. The number of aliphatic imine (C=N–C) groups is 2. The summed E-state index contributed by atoms with van der Waals surface area (Å²) in [4.78, 5) is 9.02. The molecule has 0 saturated heterocycles. The van der Waals surface area contributed by atoms with Gasteiger partial charge in [0.1, 0.15) is 5.84 Å². The zero-order chi connectivity index (χ0) is 22.6. The second-order valence-corrected chi connectivity index (χ2v) is 11.1. The number of hydrogen-bond acceptors (Lipinski definition) is 4. The van der Waals surface area contributed by atoms with Gasteiger partial charge in [-0.25, -0.2) is 4.99 Å². The van der Waals surface area contributed by atoms with Gasteiger partial charge >= 0.3 is 0 Å². The molecule has 0 aromatic heterocycles. The lowest BCUT2D eigenvalue weighted by atomic mass is 9.52. The van der Waals surface area contributed by atoms with Crippen LogP contribution < -0.4 is 5.32 Å². The number of nitrogens with zero attached hydrogens (tertiary/aromatic N) is 2. The van der Waals surface area contributed by atoms with Crippen molar-refractivity contribution in [2.24, 2.45) is 26.7 Å². The zero-order valence-corrected chi connectivity index (χ0v) is 20.6. The molecular formula is C27H38N4S. The van der Waals surface area contributed by atoms with Crippen molar-refractivity contribution >= 4 is 41.4 Å². The van der Waals surface area contributed by atoms with Crippen LogP contribution in [-0.4, -0.2) is 30.6 Å². The highest BCUT2D eigenvalue weighted by Crippen LogP contribution is 2.57. The first-order valence-electron chi connectivity index (χ1n) is 12.3. The van der Waals surface area contributed by atoms with E-state index < -0.39 is 0 Å². The second kappa shape index (κ2) is 9.94. The van der Waals surface area contributed by atoms with Crippen molar-refractivity contribution in [1.82, 2.24) is 0 Å². The molecule has 5 rings (SSSR count). The van der Waals surface area contributed by atoms with Crippen LogP contribution in [0.5, 0.6) is 0 Å². The SMILES string of the molecule is C=N/C(=C\SCCC)c1cccc(NCC23CCC(/C(C)=N/C(=N)C4CC4)(CC2)CC3)c1. The van der Waals surface area contributed by atoms with Crippen molar-refractivity contribution in [3.63, 3.8) is 0 Å². The first kappa shape index (κ1) is 23.3. The first-order valence-corrected chi connectivity index (χ1v) is 13.3. The molecule has 0 spiro atoms. The van der Waals surface area contributed by atoms with Crippen molar-refractivity contribution in [3.8, 4) is 0 Å². The summed E-state index contributed by atoms with van der Waals surface area (Å²) in [7, 11) is 0. The highest BCUT2D eigenvalue weighted by atomic mass is 32.2. The molecule has 2 bridgehead atoms. The Morgan fingerprint density at radius 3 is 2.56 bits per heavy atom. The molecule has 0 atom stereocenters. The van der Waals surface area contributed by atoms with Crippen molar-refractivity contribution in [3.05, 3.63) is 35.2 Å². The lowest BCUT2D eigenvalue weighted by molar-refractivity contribution is 0.0435. The van der Waals surface area contributed by atoms with Crippen LogP contribution in [0.25, 0.3) is 5.70 Å². The summed E-state index contributed by atoms with van der Waals surface area (Å²) >= 11 is 1.80. The van der Waals surface area contributed by atoms with E-state index in [0.29, 0.717) is 17.2 Å². The van der Waals surface area contributed by atoms with E-state index in [1.54, 1.807) is 11.8 Å². The highest BCUT2D eigenvalue weighted by Gasteiger charge is 2.50. The molecule has 2 N–H and O–H groups in total. The highest BCUT2D eigenvalue weighted by molar-refractivity contribution is 8.02. The van der Waals surface area contributed by atoms with Crippen LogP contribution >= 0.6 is 11.8 Å². The number of benzene rings is 1. The molecule has 1 aromatic carbocycles. The van der Waals surface area contributed by atoms with Gasteiger partial charge < -0.3 is 5.32 Å². The molecule has 0 amide bonds. The van der Waals surface area contributed by atoms with Crippen LogP contribution in [0.15, 0.2) is 39.7 Å². The Bertz CT molecular complexity index is 887. The van der Waals surface area contributed by atoms with Gasteiger partial charge in [-0.15, -0.1) is 11.8 Å². The largest absolute Gasteiger partial charge is 0.384 e. The fourth-order valence-corrected chi connectivity index (χ4v) is 6.07. The van der Waals surface area contributed by atoms with Crippen LogP contribution in [0.2, 0.25) is 0 Å². The van der Waals surface area contributed by atoms with Crippen molar-refractivity contribution < 1.29 is 0 Å². The quantitative estimate of drug-likeness (QED) is 0.221. The predicted molar refractivity (Wildman–Crippen MR) is 141 cm³/mol. The topological polar surface area (TPSA) is 60.6 Å². The Morgan fingerprint density at radius 1 is 1.22 bits per heavy atom. The minimum Gasteiger partial charge on any atom is -0.384 e. The lowest BCUT2D eigenvalue weighted by Crippen LogP contribution is -2.48. The smallest absolute Gasteiger partial charge is 0.123 e. The zero-order valence-electron chi connectivity index (χ0n) is 19.8. The van der Waals surface area contributed by atoms with Gasteiger partial charge in [-0.1, -0.05) is 19.1 Å². The van der Waals surface area contributed by atoms with Gasteiger partial charge in [0.05, 0.1) is 5.70 Å². The molecule has 1 aromatic rings. The predicted octanol–water partition coefficient (Wildman–Crippen LogP) is 7.43. The van der Waals surface area contributed by atoms with Gasteiger partial charge in [-0.3, -0.25) is 10.4 Å². The fraction of sp³-hybridized carbons (Fsp3) is 0.593. The van der Waals surface area contributed by atoms with Crippen molar-refractivity contribution in [2.45, 2.75) is 71.6 Å². The summed E-state index contributed by atoms with van der Waals surface area (Å²) in [6.07, 6.45) is 10.9. The Hall–Kier alpha value is -1.88. The van der Waals surface area contributed by atoms with E-state index in [9.17, 15) is 0 Å². The van der Waals surface area contributed by atoms with Crippen LogP contribution in [0.4, 0.5) is 5.69 Å². The van der Waals surface area contributed by atoms with E-state index >= 15 is 0 Å². The molecule has 4 aliphatic carbocycles. The molecule has 0 aliphatic heterocycles. The fourth-order valence-electron chi connectivity index (χ4n) is 5.35. The molecule has 0 heterocycles. The minimum atomic E-state index is 0.258. The number of rotatable bonds is 10. The third-order valence-corrected chi connectivity index (χ3v) is 8.97. The van der Waals surface area contributed by atoms with Crippen LogP contribution in [0.3, 0.4) is 0 Å². The number of nitrogens with one attached hydrogen (secondary N) is 2. The number of hydrogen-bond donors (Lipinski definition) is 2. The molecule has 5 heteroatoms. The summed E-state index contributed by atoms with van der Waals surface area (Å²) in [5.74, 6) is 2.19. The Balaban J connectivity index is 1.36. The average Bonchev–Trinajstić information content (AvgIpc) is 3.68. The molecule has 172 valence electrons. The Kier molecular flexibility index (Phi) is 7.24. The molecule has 32 heavy (non-hydrogen) atoms. The number of fused-ring (bicyclic) bond motifs is 3. The van der Waals surface area contributed by atoms with E-state index in [2.05, 4.69) is 60.5 Å². The molecule has 4 nitrogen and oxygen atoms in total. The van der Waals surface area contributed by atoms with Crippen LogP contribution in [-0.2, 0) is 0 Å². The van der Waals surface area contributed by atoms with Crippen molar-refractivity contribution in [1.29, 1.82) is 5.41 Å². The maximum atomic E-state index is 8.22. The van der Waals surface area contributed by atoms with Gasteiger partial charge in [-0.05, 0) is 100 Å². The first-order chi connectivity index (χ1) is 15.5. The monoisotopic (exact) mass is 450 g/mol. The third kappa shape index (κ3) is 5.19. The summed E-state index contributed by atoms with van der Waals surface area (Å²) < 4.78 is 0. The summed E-state index contributed by atoms with van der Waals surface area (Å²) in [5, 5.41) is 14.1. The number of amidine groups is 1. The maximum Gasteiger partial charge on any atom is 0.123 e. The molecule has 4 aliphatic rings. The Morgan fingerprint density at radius 2 is 1.94 bits per heavy atom. The molecular weight excluding hydrogens is 412 g/mol. The third-order valence-electron chi connectivity index (χ3n) is 7.93. The van der Waals surface area contributed by atoms with Gasteiger partial charge in [0, 0.05) is 34.8 Å². The molecule has 0 radical (unpaired) electrons. The number of anilines is 1. The standard InChI is InChI=1S/C27H38N4S/c1-4-16-32-18-24(29-3)22-6-5-7-23(17-22)30-19-26-10-13-27(14-11-26,15-12-26)20(2)31-25(28)21-8-9-21/h5-7,17-18,21,28,30H,3-4,8-16,19H2,1-2H3/b24-18-,28-25?,31-20+. The van der Waals surface area contributed by atoms with E-state index in [1.165, 1.54) is 49.9 Å². The number of thioether (sulfide) groups is 1.